The Morgan fingerprint density at radius 3 is 2.53 bits per heavy atom. The van der Waals surface area contributed by atoms with Crippen LogP contribution in [0, 0.1) is 6.92 Å². The van der Waals surface area contributed by atoms with E-state index < -0.39 is 0 Å². The van der Waals surface area contributed by atoms with Gasteiger partial charge in [0.05, 0.1) is 13.0 Å². The first-order valence-corrected chi connectivity index (χ1v) is 10.6. The zero-order valence-electron chi connectivity index (χ0n) is 18.2. The third-order valence-corrected chi connectivity index (χ3v) is 5.37. The van der Waals surface area contributed by atoms with Gasteiger partial charge < -0.3 is 19.3 Å². The van der Waals surface area contributed by atoms with E-state index in [4.69, 9.17) is 9.47 Å². The molecule has 0 bridgehead atoms. The van der Waals surface area contributed by atoms with E-state index in [1.54, 1.807) is 16.3 Å². The summed E-state index contributed by atoms with van der Waals surface area (Å²) >= 11 is 0. The zero-order valence-corrected chi connectivity index (χ0v) is 18.2. The molecule has 1 saturated heterocycles. The van der Waals surface area contributed by atoms with Crippen LogP contribution in [0.4, 0.5) is 10.6 Å². The molecule has 1 amide bonds. The van der Waals surface area contributed by atoms with Crippen LogP contribution in [0.15, 0.2) is 36.7 Å². The minimum atomic E-state index is -0.336. The fraction of sp³-hybridized carbons (Fsp3) is 0.409. The van der Waals surface area contributed by atoms with Crippen molar-refractivity contribution in [2.24, 2.45) is 0 Å². The zero-order chi connectivity index (χ0) is 22.5. The Kier molecular flexibility index (Phi) is 6.48. The Labute approximate surface area is 185 Å². The number of rotatable bonds is 6. The van der Waals surface area contributed by atoms with E-state index in [0.717, 1.165) is 16.9 Å². The van der Waals surface area contributed by atoms with Gasteiger partial charge in [-0.2, -0.15) is 14.6 Å². The number of hydrogen-bond acceptors (Lipinski definition) is 8. The minimum Gasteiger partial charge on any atom is -0.466 e. The van der Waals surface area contributed by atoms with Crippen LogP contribution in [0.5, 0.6) is 0 Å². The fourth-order valence-corrected chi connectivity index (χ4v) is 3.77. The van der Waals surface area contributed by atoms with Crippen molar-refractivity contribution in [2.75, 3.05) is 37.7 Å². The summed E-state index contributed by atoms with van der Waals surface area (Å²) in [5.74, 6) is 0.909. The highest BCUT2D eigenvalue weighted by atomic mass is 16.6. The topological polar surface area (TPSA) is 102 Å². The molecule has 3 aromatic rings. The molecule has 10 nitrogen and oxygen atoms in total. The van der Waals surface area contributed by atoms with Gasteiger partial charge in [-0.1, -0.05) is 30.3 Å². The third kappa shape index (κ3) is 4.63. The smallest absolute Gasteiger partial charge is 0.410 e. The lowest BCUT2D eigenvalue weighted by atomic mass is 10.1. The molecule has 32 heavy (non-hydrogen) atoms. The van der Waals surface area contributed by atoms with Crippen molar-refractivity contribution in [1.82, 2.24) is 24.5 Å². The first-order valence-electron chi connectivity index (χ1n) is 10.6. The normalized spacial score (nSPS) is 13.9. The molecule has 1 aromatic carbocycles. The van der Waals surface area contributed by atoms with Gasteiger partial charge in [-0.05, 0) is 19.4 Å². The lowest BCUT2D eigenvalue weighted by Gasteiger charge is -2.36. The summed E-state index contributed by atoms with van der Waals surface area (Å²) in [5.41, 5.74) is 2.41. The number of aryl methyl sites for hydroxylation is 1. The predicted octanol–water partition coefficient (Wildman–Crippen LogP) is 2.00. The molecular weight excluding hydrogens is 412 g/mol. The number of nitrogens with zero attached hydrogens (tertiary/aromatic N) is 6. The standard InChI is InChI=1S/C22H26N6O4/c1-3-31-19(29)13-18-16(2)25-21-23-15-24-28(21)20(18)26-9-11-27(12-10-26)22(30)32-14-17-7-5-4-6-8-17/h4-8,15H,3,9-14H2,1-2H3. The summed E-state index contributed by atoms with van der Waals surface area (Å²) in [4.78, 5) is 37.2. The summed E-state index contributed by atoms with van der Waals surface area (Å²) < 4.78 is 12.3. The van der Waals surface area contributed by atoms with Crippen LogP contribution in [0.2, 0.25) is 0 Å². The molecule has 2 aromatic heterocycles. The second kappa shape index (κ2) is 9.63. The minimum absolute atomic E-state index is 0.0944. The van der Waals surface area contributed by atoms with Gasteiger partial charge in [0.15, 0.2) is 0 Å². The van der Waals surface area contributed by atoms with Gasteiger partial charge in [0.25, 0.3) is 5.78 Å². The van der Waals surface area contributed by atoms with E-state index in [-0.39, 0.29) is 25.1 Å². The highest BCUT2D eigenvalue weighted by molar-refractivity contribution is 5.76. The van der Waals surface area contributed by atoms with Gasteiger partial charge >= 0.3 is 12.1 Å². The average molecular weight is 438 g/mol. The molecule has 10 heteroatoms. The Morgan fingerprint density at radius 2 is 1.81 bits per heavy atom. The summed E-state index contributed by atoms with van der Waals surface area (Å²) in [6, 6.07) is 9.60. The van der Waals surface area contributed by atoms with Gasteiger partial charge in [-0.3, -0.25) is 4.79 Å². The number of benzene rings is 1. The van der Waals surface area contributed by atoms with Crippen LogP contribution in [0.3, 0.4) is 0 Å². The summed E-state index contributed by atoms with van der Waals surface area (Å²) in [5, 5.41) is 4.31. The van der Waals surface area contributed by atoms with Crippen LogP contribution in [-0.4, -0.2) is 69.3 Å². The predicted molar refractivity (Wildman–Crippen MR) is 116 cm³/mol. The lowest BCUT2D eigenvalue weighted by Crippen LogP contribution is -2.49. The molecule has 0 unspecified atom stereocenters. The first kappa shape index (κ1) is 21.5. The molecular formula is C22H26N6O4. The van der Waals surface area contributed by atoms with Crippen molar-refractivity contribution in [2.45, 2.75) is 26.9 Å². The van der Waals surface area contributed by atoms with Crippen LogP contribution < -0.4 is 4.90 Å². The van der Waals surface area contributed by atoms with E-state index in [1.807, 2.05) is 37.3 Å². The van der Waals surface area contributed by atoms with E-state index >= 15 is 0 Å². The highest BCUT2D eigenvalue weighted by Crippen LogP contribution is 2.25. The number of carbonyl (C=O) groups excluding carboxylic acids is 2. The largest absolute Gasteiger partial charge is 0.466 e. The number of anilines is 1. The second-order valence-corrected chi connectivity index (χ2v) is 7.47. The van der Waals surface area contributed by atoms with Crippen LogP contribution in [0.1, 0.15) is 23.7 Å². The second-order valence-electron chi connectivity index (χ2n) is 7.47. The van der Waals surface area contributed by atoms with E-state index in [2.05, 4.69) is 20.0 Å². The number of hydrogen-bond donors (Lipinski definition) is 0. The monoisotopic (exact) mass is 438 g/mol. The number of esters is 1. The average Bonchev–Trinajstić information content (AvgIpc) is 3.27. The van der Waals surface area contributed by atoms with E-state index in [0.29, 0.717) is 44.3 Å². The maximum absolute atomic E-state index is 12.5. The molecule has 3 heterocycles. The van der Waals surface area contributed by atoms with Gasteiger partial charge in [0, 0.05) is 37.4 Å². The van der Waals surface area contributed by atoms with Crippen molar-refractivity contribution in [3.05, 3.63) is 53.5 Å². The number of amides is 1. The number of fused-ring (bicyclic) bond motifs is 1. The van der Waals surface area contributed by atoms with Gasteiger partial charge in [-0.25, -0.2) is 9.78 Å². The molecule has 1 fully saturated rings. The molecule has 4 rings (SSSR count). The maximum Gasteiger partial charge on any atom is 0.410 e. The fourth-order valence-electron chi connectivity index (χ4n) is 3.77. The van der Waals surface area contributed by atoms with Crippen molar-refractivity contribution < 1.29 is 19.1 Å². The molecule has 168 valence electrons. The van der Waals surface area contributed by atoms with Gasteiger partial charge in [0.1, 0.15) is 18.8 Å². The first-order chi connectivity index (χ1) is 15.6. The van der Waals surface area contributed by atoms with Crippen molar-refractivity contribution >= 4 is 23.7 Å². The number of ether oxygens (including phenoxy) is 2. The summed E-state index contributed by atoms with van der Waals surface area (Å²) in [7, 11) is 0. The van der Waals surface area contributed by atoms with Crippen molar-refractivity contribution in [1.29, 1.82) is 0 Å². The van der Waals surface area contributed by atoms with E-state index in [9.17, 15) is 9.59 Å². The molecule has 0 saturated carbocycles. The molecule has 0 aliphatic carbocycles. The Bertz CT molecular complexity index is 1090. The van der Waals surface area contributed by atoms with Crippen LogP contribution in [-0.2, 0) is 27.3 Å². The van der Waals surface area contributed by atoms with Crippen LogP contribution in [0.25, 0.3) is 5.78 Å². The van der Waals surface area contributed by atoms with Crippen molar-refractivity contribution in [3.63, 3.8) is 0 Å². The molecule has 0 radical (unpaired) electrons. The molecule has 1 aliphatic heterocycles. The molecule has 0 N–H and O–H groups in total. The number of carbonyl (C=O) groups is 2. The van der Waals surface area contributed by atoms with E-state index in [1.165, 1.54) is 6.33 Å². The quantitative estimate of drug-likeness (QED) is 0.539. The Balaban J connectivity index is 1.47. The molecule has 0 atom stereocenters. The summed E-state index contributed by atoms with van der Waals surface area (Å²) in [6.07, 6.45) is 1.20. The number of aromatic nitrogens is 4. The third-order valence-electron chi connectivity index (χ3n) is 5.37. The lowest BCUT2D eigenvalue weighted by molar-refractivity contribution is -0.142. The molecule has 0 spiro atoms. The molecule has 1 aliphatic rings. The Morgan fingerprint density at radius 1 is 1.06 bits per heavy atom. The van der Waals surface area contributed by atoms with Crippen LogP contribution >= 0.6 is 0 Å². The van der Waals surface area contributed by atoms with Gasteiger partial charge in [0.2, 0.25) is 0 Å². The van der Waals surface area contributed by atoms with Gasteiger partial charge in [-0.15, -0.1) is 0 Å². The van der Waals surface area contributed by atoms with Crippen molar-refractivity contribution in [3.8, 4) is 0 Å². The SMILES string of the molecule is CCOC(=O)Cc1c(C)nc2ncnn2c1N1CCN(C(=O)OCc2ccccc2)CC1. The maximum atomic E-state index is 12.5. The Hall–Kier alpha value is -3.69. The highest BCUT2D eigenvalue weighted by Gasteiger charge is 2.27. The number of piperazine rings is 1. The summed E-state index contributed by atoms with van der Waals surface area (Å²) in [6.45, 7) is 6.30.